The van der Waals surface area contributed by atoms with Gasteiger partial charge in [-0.15, -0.1) is 0 Å². The average molecular weight is 291 g/mol. The van der Waals surface area contributed by atoms with Gasteiger partial charge in [0, 0.05) is 18.6 Å². The maximum Gasteiger partial charge on any atom is 1.00 e. The van der Waals surface area contributed by atoms with E-state index in [9.17, 15) is 0 Å². The summed E-state index contributed by atoms with van der Waals surface area (Å²) >= 11 is 0. The molecule has 1 radical (unpaired) electrons. The Hall–Kier alpha value is 3.18. The SMILES string of the molecule is O.OO.OO.OO.[Na+].[Na+].[Na+].[OH-].[OH-].[OH-].[V]. The Kier molecular flexibility index (Phi) is 3090. The molecule has 0 aromatic rings. The maximum absolute atomic E-state index is 6.00. The molecule has 0 saturated heterocycles. The van der Waals surface area contributed by atoms with E-state index in [0.29, 0.717) is 0 Å². The van der Waals surface area contributed by atoms with Crippen molar-refractivity contribution < 1.29 is 161 Å². The Bertz CT molecular complexity index is 15.3. The molecule has 14 heteroatoms. The van der Waals surface area contributed by atoms with Gasteiger partial charge in [-0.2, -0.15) is 0 Å². The zero-order valence-electron chi connectivity index (χ0n) is 7.97. The van der Waals surface area contributed by atoms with Crippen LogP contribution in [-0.4, -0.2) is 53.4 Å². The summed E-state index contributed by atoms with van der Waals surface area (Å²) in [6, 6.07) is 0. The van der Waals surface area contributed by atoms with Crippen LogP contribution in [0.4, 0.5) is 0 Å². The van der Waals surface area contributed by atoms with E-state index >= 15 is 0 Å². The summed E-state index contributed by atoms with van der Waals surface area (Å²) in [5.41, 5.74) is 0. The molecule has 10 nitrogen and oxygen atoms in total. The molecular formula is H11Na3O10V. The van der Waals surface area contributed by atoms with E-state index < -0.39 is 0 Å². The zero-order valence-corrected chi connectivity index (χ0v) is 15.4. The number of rotatable bonds is 0. The summed E-state index contributed by atoms with van der Waals surface area (Å²) in [4.78, 5) is 0. The van der Waals surface area contributed by atoms with Crippen LogP contribution in [0.15, 0.2) is 0 Å². The Morgan fingerprint density at radius 1 is 0.429 bits per heavy atom. The summed E-state index contributed by atoms with van der Waals surface area (Å²) in [5, 5.41) is 36.0. The minimum absolute atomic E-state index is 0. The Balaban J connectivity index is -0.000000000833. The van der Waals surface area contributed by atoms with Crippen LogP contribution in [0.1, 0.15) is 0 Å². The van der Waals surface area contributed by atoms with E-state index in [-0.39, 0.29) is 129 Å². The van der Waals surface area contributed by atoms with Crippen molar-refractivity contribution in [1.29, 1.82) is 0 Å². The number of hydrogen-bond donors (Lipinski definition) is 6. The van der Waals surface area contributed by atoms with Gasteiger partial charge in [0.25, 0.3) is 0 Å². The van der Waals surface area contributed by atoms with Crippen molar-refractivity contribution in [3.05, 3.63) is 0 Å². The van der Waals surface area contributed by atoms with Crippen LogP contribution in [0.5, 0.6) is 0 Å². The van der Waals surface area contributed by atoms with Crippen LogP contribution >= 0.6 is 0 Å². The van der Waals surface area contributed by atoms with Crippen molar-refractivity contribution in [2.24, 2.45) is 0 Å². The second kappa shape index (κ2) is 368. The van der Waals surface area contributed by atoms with Gasteiger partial charge >= 0.3 is 88.7 Å². The molecule has 0 atom stereocenters. The summed E-state index contributed by atoms with van der Waals surface area (Å²) in [6.07, 6.45) is 0. The predicted octanol–water partition coefficient (Wildman–Crippen LogP) is -10.3. The van der Waals surface area contributed by atoms with Crippen molar-refractivity contribution in [2.75, 3.05) is 0 Å². The van der Waals surface area contributed by atoms with Crippen molar-refractivity contribution in [3.63, 3.8) is 0 Å². The van der Waals surface area contributed by atoms with E-state index in [2.05, 4.69) is 0 Å². The quantitative estimate of drug-likeness (QED) is 0.141. The molecular weight excluding hydrogens is 280 g/mol. The molecule has 0 fully saturated rings. The van der Waals surface area contributed by atoms with Crippen LogP contribution < -0.4 is 88.7 Å². The second-order valence-corrected chi connectivity index (χ2v) is 0. The molecule has 0 aromatic heterocycles. The summed E-state index contributed by atoms with van der Waals surface area (Å²) in [6.45, 7) is 0. The molecule has 0 amide bonds. The van der Waals surface area contributed by atoms with E-state index in [1.165, 1.54) is 0 Å². The minimum atomic E-state index is 0. The van der Waals surface area contributed by atoms with Gasteiger partial charge in [-0.05, 0) is 0 Å². The Labute approximate surface area is 158 Å². The van der Waals surface area contributed by atoms with Gasteiger partial charge in [-0.1, -0.05) is 0 Å². The molecule has 0 rings (SSSR count). The second-order valence-electron chi connectivity index (χ2n) is 0. The van der Waals surface area contributed by atoms with Crippen LogP contribution in [0.25, 0.3) is 0 Å². The first-order chi connectivity index (χ1) is 3.00. The third kappa shape index (κ3) is 301. The fourth-order valence-electron chi connectivity index (χ4n) is 0. The molecule has 0 heterocycles. The fourth-order valence-corrected chi connectivity index (χ4v) is 0. The minimum Gasteiger partial charge on any atom is -0.870 e. The van der Waals surface area contributed by atoms with Gasteiger partial charge in [-0.25, -0.2) is 0 Å². The van der Waals surface area contributed by atoms with E-state index in [4.69, 9.17) is 31.5 Å². The van der Waals surface area contributed by atoms with E-state index in [0.717, 1.165) is 0 Å². The monoisotopic (exact) mass is 291 g/mol. The molecule has 0 aromatic carbocycles. The first-order valence-electron chi connectivity index (χ1n) is 0.600. The first-order valence-corrected chi connectivity index (χ1v) is 0.600. The van der Waals surface area contributed by atoms with Crippen molar-refractivity contribution in [2.45, 2.75) is 0 Å². The molecule has 0 bridgehead atoms. The molecule has 79 valence electrons. The van der Waals surface area contributed by atoms with Gasteiger partial charge < -0.3 is 21.9 Å². The molecule has 0 unspecified atom stereocenters. The molecule has 14 heavy (non-hydrogen) atoms. The molecule has 0 spiro atoms. The van der Waals surface area contributed by atoms with Gasteiger partial charge in [0.15, 0.2) is 0 Å². The molecule has 0 saturated carbocycles. The standard InChI is InChI=1S/3Na.3H2O2.4H2O.V/c;;;3*1-2;;;;;/h;;;3*1-2H;4*1H2;/q3*+1;;;;;;;;/p-3. The molecule has 0 aliphatic rings. The molecule has 0 aliphatic carbocycles. The van der Waals surface area contributed by atoms with Gasteiger partial charge in [0.1, 0.15) is 0 Å². The third-order valence-electron chi connectivity index (χ3n) is 0. The van der Waals surface area contributed by atoms with Crippen LogP contribution in [-0.2, 0) is 18.6 Å². The predicted molar refractivity (Wildman–Crippen MR) is 25.2 cm³/mol. The largest absolute Gasteiger partial charge is 1.00 e. The third-order valence-corrected chi connectivity index (χ3v) is 0. The molecule has 0 aliphatic heterocycles. The van der Waals surface area contributed by atoms with E-state index in [1.807, 2.05) is 0 Å². The van der Waals surface area contributed by atoms with Crippen molar-refractivity contribution >= 4 is 0 Å². The zero-order chi connectivity index (χ0) is 6.00. The van der Waals surface area contributed by atoms with Crippen molar-refractivity contribution in [3.8, 4) is 0 Å². The van der Waals surface area contributed by atoms with Gasteiger partial charge in [0.2, 0.25) is 0 Å². The van der Waals surface area contributed by atoms with Gasteiger partial charge in [0.05, 0.1) is 0 Å². The summed E-state index contributed by atoms with van der Waals surface area (Å²) in [5.74, 6) is 0. The van der Waals surface area contributed by atoms with E-state index in [1.54, 1.807) is 0 Å². The summed E-state index contributed by atoms with van der Waals surface area (Å²) < 4.78 is 0. The Morgan fingerprint density at radius 3 is 0.429 bits per heavy atom. The smallest absolute Gasteiger partial charge is 0.870 e. The van der Waals surface area contributed by atoms with Crippen molar-refractivity contribution in [1.82, 2.24) is 0 Å². The Morgan fingerprint density at radius 2 is 0.429 bits per heavy atom. The topological polar surface area (TPSA) is 243 Å². The first kappa shape index (κ1) is 118. The normalized spacial score (nSPS) is 1.29. The fraction of sp³-hybridized carbons (Fsp3) is 0. The summed E-state index contributed by atoms with van der Waals surface area (Å²) in [7, 11) is 0. The van der Waals surface area contributed by atoms with Crippen LogP contribution in [0, 0.1) is 0 Å². The average Bonchev–Trinajstić information content (AvgIpc) is 1.81. The molecule has 11 N–H and O–H groups in total. The number of hydrogen-bond acceptors (Lipinski definition) is 9. The maximum atomic E-state index is 6.00. The van der Waals surface area contributed by atoms with Crippen LogP contribution in [0.3, 0.4) is 0 Å². The van der Waals surface area contributed by atoms with Gasteiger partial charge in [-0.3, -0.25) is 31.5 Å². The van der Waals surface area contributed by atoms with Crippen LogP contribution in [0.2, 0.25) is 0 Å².